The first-order chi connectivity index (χ1) is 12.7. The van der Waals surface area contributed by atoms with Crippen molar-refractivity contribution in [3.8, 4) is 11.5 Å². The number of ether oxygens (including phenoxy) is 2. The average Bonchev–Trinajstić information content (AvgIpc) is 3.07. The summed E-state index contributed by atoms with van der Waals surface area (Å²) in [6.45, 7) is 8.11. The van der Waals surface area contributed by atoms with E-state index in [0.717, 1.165) is 5.56 Å². The van der Waals surface area contributed by atoms with Gasteiger partial charge in [0.05, 0.1) is 6.61 Å². The molecule has 0 aliphatic heterocycles. The maximum atomic E-state index is 11.8. The summed E-state index contributed by atoms with van der Waals surface area (Å²) in [6, 6.07) is 5.75. The third-order valence-electron chi connectivity index (χ3n) is 3.31. The molecule has 148 valence electrons. The molecule has 0 fully saturated rings. The van der Waals surface area contributed by atoms with E-state index in [0.29, 0.717) is 44.3 Å². The fourth-order valence-electron chi connectivity index (χ4n) is 2.13. The van der Waals surface area contributed by atoms with Crippen molar-refractivity contribution in [3.63, 3.8) is 0 Å². The van der Waals surface area contributed by atoms with Crippen molar-refractivity contribution < 1.29 is 31.3 Å². The van der Waals surface area contributed by atoms with E-state index >= 15 is 0 Å². The SMILES string of the molecule is C=CCOc1ccc(CNCCNC(=O)c2nonc2N)cc1OCC.[Cl-]. The number of halogens is 1. The van der Waals surface area contributed by atoms with Gasteiger partial charge in [-0.1, -0.05) is 18.7 Å². The van der Waals surface area contributed by atoms with Crippen LogP contribution in [-0.4, -0.2) is 42.5 Å². The Hall–Kier alpha value is -2.78. The standard InChI is InChI=1S/C17H23N5O4.ClH/c1-3-9-25-13-6-5-12(10-14(13)24-4-2)11-19-7-8-20-17(23)15-16(18)22-26-21-15;/h3,5-6,10,19H,1,4,7-9,11H2,2H3,(H2,18,22)(H,20,23);1H/p-1. The molecule has 4 N–H and O–H groups in total. The number of benzene rings is 1. The Bertz CT molecular complexity index is 738. The van der Waals surface area contributed by atoms with Crippen LogP contribution in [0, 0.1) is 0 Å². The molecule has 1 aromatic heterocycles. The second-order valence-electron chi connectivity index (χ2n) is 5.24. The molecule has 0 saturated carbocycles. The van der Waals surface area contributed by atoms with Gasteiger partial charge in [0, 0.05) is 19.6 Å². The highest BCUT2D eigenvalue weighted by Crippen LogP contribution is 2.28. The van der Waals surface area contributed by atoms with Crippen LogP contribution in [0.15, 0.2) is 35.5 Å². The Morgan fingerprint density at radius 3 is 2.78 bits per heavy atom. The number of carbonyl (C=O) groups is 1. The van der Waals surface area contributed by atoms with E-state index in [-0.39, 0.29) is 23.9 Å². The molecule has 0 spiro atoms. The zero-order valence-electron chi connectivity index (χ0n) is 15.0. The van der Waals surface area contributed by atoms with Gasteiger partial charge in [-0.3, -0.25) is 4.79 Å². The lowest BCUT2D eigenvalue weighted by molar-refractivity contribution is -0.0000151. The predicted octanol–water partition coefficient (Wildman–Crippen LogP) is -1.86. The molecule has 0 radical (unpaired) electrons. The number of nitrogen functional groups attached to an aromatic ring is 1. The normalized spacial score (nSPS) is 9.96. The zero-order chi connectivity index (χ0) is 18.8. The van der Waals surface area contributed by atoms with Gasteiger partial charge in [-0.25, -0.2) is 4.63 Å². The molecule has 2 rings (SSSR count). The van der Waals surface area contributed by atoms with Crippen LogP contribution in [0.1, 0.15) is 23.0 Å². The summed E-state index contributed by atoms with van der Waals surface area (Å²) in [6.07, 6.45) is 1.68. The fourth-order valence-corrected chi connectivity index (χ4v) is 2.13. The minimum atomic E-state index is -0.423. The number of amides is 1. The molecule has 0 aliphatic carbocycles. The molecule has 0 aliphatic rings. The van der Waals surface area contributed by atoms with Crippen LogP contribution in [0.25, 0.3) is 0 Å². The molecule has 0 unspecified atom stereocenters. The van der Waals surface area contributed by atoms with Gasteiger partial charge in [0.1, 0.15) is 6.61 Å². The lowest BCUT2D eigenvalue weighted by atomic mass is 10.2. The number of carbonyl (C=O) groups excluding carboxylic acids is 1. The van der Waals surface area contributed by atoms with E-state index in [1.54, 1.807) is 6.08 Å². The van der Waals surface area contributed by atoms with E-state index in [1.807, 2.05) is 25.1 Å². The first kappa shape index (κ1) is 22.3. The summed E-state index contributed by atoms with van der Waals surface area (Å²) in [5.74, 6) is 0.920. The molecule has 27 heavy (non-hydrogen) atoms. The van der Waals surface area contributed by atoms with Crippen LogP contribution in [0.4, 0.5) is 5.82 Å². The van der Waals surface area contributed by atoms with E-state index in [4.69, 9.17) is 15.2 Å². The molecular weight excluding hydrogens is 374 g/mol. The first-order valence-corrected chi connectivity index (χ1v) is 8.22. The van der Waals surface area contributed by atoms with Crippen LogP contribution < -0.4 is 38.2 Å². The van der Waals surface area contributed by atoms with Gasteiger partial charge in [0.25, 0.3) is 5.91 Å². The Labute approximate surface area is 163 Å². The number of hydrogen-bond acceptors (Lipinski definition) is 8. The topological polar surface area (TPSA) is 125 Å². The predicted molar refractivity (Wildman–Crippen MR) is 96.1 cm³/mol. The minimum absolute atomic E-state index is 0. The van der Waals surface area contributed by atoms with Gasteiger partial charge in [-0.05, 0) is 34.9 Å². The highest BCUT2D eigenvalue weighted by molar-refractivity contribution is 5.95. The maximum Gasteiger partial charge on any atom is 0.277 e. The van der Waals surface area contributed by atoms with Gasteiger partial charge in [0.15, 0.2) is 11.5 Å². The highest BCUT2D eigenvalue weighted by atomic mass is 35.5. The van der Waals surface area contributed by atoms with Crippen molar-refractivity contribution in [2.45, 2.75) is 13.5 Å². The van der Waals surface area contributed by atoms with E-state index < -0.39 is 5.91 Å². The third-order valence-corrected chi connectivity index (χ3v) is 3.31. The van der Waals surface area contributed by atoms with Gasteiger partial charge < -0.3 is 38.2 Å². The average molecular weight is 397 g/mol. The van der Waals surface area contributed by atoms with Crippen molar-refractivity contribution in [1.82, 2.24) is 20.9 Å². The summed E-state index contributed by atoms with van der Waals surface area (Å²) in [7, 11) is 0. The maximum absolute atomic E-state index is 11.8. The molecule has 10 heteroatoms. The molecule has 0 bridgehead atoms. The number of rotatable bonds is 11. The summed E-state index contributed by atoms with van der Waals surface area (Å²) in [5.41, 5.74) is 6.48. The van der Waals surface area contributed by atoms with Crippen LogP contribution in [0.3, 0.4) is 0 Å². The van der Waals surface area contributed by atoms with Gasteiger partial charge in [-0.2, -0.15) is 0 Å². The molecule has 1 amide bonds. The molecule has 1 heterocycles. The molecule has 2 aromatic rings. The second kappa shape index (κ2) is 11.8. The van der Waals surface area contributed by atoms with E-state index in [9.17, 15) is 4.79 Å². The first-order valence-electron chi connectivity index (χ1n) is 8.22. The van der Waals surface area contributed by atoms with Crippen LogP contribution >= 0.6 is 0 Å². The fraction of sp³-hybridized carbons (Fsp3) is 0.353. The Kier molecular flexibility index (Phi) is 9.70. The number of aromatic nitrogens is 2. The summed E-state index contributed by atoms with van der Waals surface area (Å²) < 4.78 is 15.6. The monoisotopic (exact) mass is 396 g/mol. The molecule has 0 saturated heterocycles. The molecule has 1 aromatic carbocycles. The van der Waals surface area contributed by atoms with Gasteiger partial charge >= 0.3 is 0 Å². The third kappa shape index (κ3) is 6.80. The van der Waals surface area contributed by atoms with Crippen LogP contribution in [-0.2, 0) is 6.54 Å². The van der Waals surface area contributed by atoms with Gasteiger partial charge in [-0.15, -0.1) is 0 Å². The number of nitrogens with one attached hydrogen (secondary N) is 2. The second-order valence-corrected chi connectivity index (χ2v) is 5.24. The van der Waals surface area contributed by atoms with Crippen molar-refractivity contribution >= 4 is 11.7 Å². The Balaban J connectivity index is 0.00000364. The largest absolute Gasteiger partial charge is 1.00 e. The van der Waals surface area contributed by atoms with Crippen molar-refractivity contribution in [2.24, 2.45) is 0 Å². The van der Waals surface area contributed by atoms with Crippen molar-refractivity contribution in [3.05, 3.63) is 42.1 Å². The lowest BCUT2D eigenvalue weighted by Gasteiger charge is -2.13. The molecule has 0 atom stereocenters. The zero-order valence-corrected chi connectivity index (χ0v) is 15.8. The van der Waals surface area contributed by atoms with E-state index in [1.165, 1.54) is 0 Å². The Morgan fingerprint density at radius 1 is 1.30 bits per heavy atom. The minimum Gasteiger partial charge on any atom is -1.00 e. The van der Waals surface area contributed by atoms with Crippen molar-refractivity contribution in [1.29, 1.82) is 0 Å². The molecule has 9 nitrogen and oxygen atoms in total. The number of hydrogen-bond donors (Lipinski definition) is 3. The lowest BCUT2D eigenvalue weighted by Crippen LogP contribution is -3.00. The van der Waals surface area contributed by atoms with Gasteiger partial charge in [0.2, 0.25) is 11.5 Å². The van der Waals surface area contributed by atoms with Crippen molar-refractivity contribution in [2.75, 3.05) is 32.0 Å². The summed E-state index contributed by atoms with van der Waals surface area (Å²) in [4.78, 5) is 11.8. The Morgan fingerprint density at radius 2 is 2.11 bits per heavy atom. The number of anilines is 1. The van der Waals surface area contributed by atoms with E-state index in [2.05, 4.69) is 32.2 Å². The smallest absolute Gasteiger partial charge is 0.277 e. The summed E-state index contributed by atoms with van der Waals surface area (Å²) in [5, 5.41) is 12.7. The number of nitrogens with two attached hydrogens (primary N) is 1. The quantitative estimate of drug-likeness (QED) is 0.298. The molecular formula is C17H23ClN5O4-. The van der Waals surface area contributed by atoms with Crippen LogP contribution in [0.5, 0.6) is 11.5 Å². The number of nitrogens with zero attached hydrogens (tertiary/aromatic N) is 2. The summed E-state index contributed by atoms with van der Waals surface area (Å²) >= 11 is 0. The van der Waals surface area contributed by atoms with Crippen LogP contribution in [0.2, 0.25) is 0 Å². The highest BCUT2D eigenvalue weighted by Gasteiger charge is 2.14.